The number of rotatable bonds is 3. The van der Waals surface area contributed by atoms with Gasteiger partial charge in [-0.25, -0.2) is 0 Å². The summed E-state index contributed by atoms with van der Waals surface area (Å²) in [4.78, 5) is 12.7. The number of ether oxygens (including phenoxy) is 1. The Bertz CT molecular complexity index is 578. The van der Waals surface area contributed by atoms with Gasteiger partial charge in [0.1, 0.15) is 10.6 Å². The van der Waals surface area contributed by atoms with E-state index in [1.807, 2.05) is 24.4 Å². The third-order valence-electron chi connectivity index (χ3n) is 2.68. The first kappa shape index (κ1) is 12.4. The van der Waals surface area contributed by atoms with Crippen LogP contribution >= 0.6 is 11.3 Å². The lowest BCUT2D eigenvalue weighted by atomic mass is 10.1. The maximum atomic E-state index is 12.1. The van der Waals surface area contributed by atoms with Crippen molar-refractivity contribution >= 4 is 28.6 Å². The number of methoxy groups -OCH3 is 1. The molecule has 3 N–H and O–H groups in total. The van der Waals surface area contributed by atoms with Crippen molar-refractivity contribution in [1.82, 2.24) is 0 Å². The SMILES string of the molecule is COc1ccsc1C(=O)Nc1cccc(N)c1C. The number of nitrogen functional groups attached to an aromatic ring is 1. The van der Waals surface area contributed by atoms with Gasteiger partial charge in [-0.15, -0.1) is 11.3 Å². The summed E-state index contributed by atoms with van der Waals surface area (Å²) in [6.07, 6.45) is 0. The molecule has 0 spiro atoms. The van der Waals surface area contributed by atoms with Crippen molar-refractivity contribution in [1.29, 1.82) is 0 Å². The second-order valence-electron chi connectivity index (χ2n) is 3.79. The molecule has 94 valence electrons. The van der Waals surface area contributed by atoms with Gasteiger partial charge in [-0.05, 0) is 36.1 Å². The number of carbonyl (C=O) groups excluding carboxylic acids is 1. The van der Waals surface area contributed by atoms with Crippen LogP contribution in [0.2, 0.25) is 0 Å². The highest BCUT2D eigenvalue weighted by atomic mass is 32.1. The normalized spacial score (nSPS) is 10.1. The molecule has 1 aromatic heterocycles. The van der Waals surface area contributed by atoms with Crippen LogP contribution in [0.15, 0.2) is 29.6 Å². The van der Waals surface area contributed by atoms with E-state index < -0.39 is 0 Å². The van der Waals surface area contributed by atoms with E-state index in [0.717, 1.165) is 11.3 Å². The maximum Gasteiger partial charge on any atom is 0.269 e. The van der Waals surface area contributed by atoms with Crippen LogP contribution in [0.4, 0.5) is 11.4 Å². The molecule has 1 aromatic carbocycles. The quantitative estimate of drug-likeness (QED) is 0.836. The molecule has 0 fully saturated rings. The third-order valence-corrected chi connectivity index (χ3v) is 3.57. The fourth-order valence-electron chi connectivity index (χ4n) is 1.59. The van der Waals surface area contributed by atoms with Crippen LogP contribution < -0.4 is 15.8 Å². The van der Waals surface area contributed by atoms with Crippen LogP contribution in [0.3, 0.4) is 0 Å². The van der Waals surface area contributed by atoms with Crippen LogP contribution in [0.1, 0.15) is 15.2 Å². The second-order valence-corrected chi connectivity index (χ2v) is 4.71. The van der Waals surface area contributed by atoms with E-state index in [9.17, 15) is 4.79 Å². The van der Waals surface area contributed by atoms with Gasteiger partial charge in [-0.1, -0.05) is 6.07 Å². The van der Waals surface area contributed by atoms with Crippen LogP contribution in [-0.4, -0.2) is 13.0 Å². The average Bonchev–Trinajstić information content (AvgIpc) is 2.83. The topological polar surface area (TPSA) is 64.3 Å². The van der Waals surface area contributed by atoms with Crippen molar-refractivity contribution < 1.29 is 9.53 Å². The lowest BCUT2D eigenvalue weighted by molar-refractivity contribution is 0.102. The largest absolute Gasteiger partial charge is 0.495 e. The highest BCUT2D eigenvalue weighted by Crippen LogP contribution is 2.27. The van der Waals surface area contributed by atoms with Crippen LogP contribution in [0, 0.1) is 6.92 Å². The summed E-state index contributed by atoms with van der Waals surface area (Å²) < 4.78 is 5.12. The highest BCUT2D eigenvalue weighted by Gasteiger charge is 2.15. The van der Waals surface area contributed by atoms with Gasteiger partial charge in [0, 0.05) is 11.4 Å². The molecule has 2 aromatic rings. The molecule has 4 nitrogen and oxygen atoms in total. The monoisotopic (exact) mass is 262 g/mol. The number of nitrogens with one attached hydrogen (secondary N) is 1. The van der Waals surface area contributed by atoms with Gasteiger partial charge >= 0.3 is 0 Å². The summed E-state index contributed by atoms with van der Waals surface area (Å²) in [7, 11) is 1.55. The smallest absolute Gasteiger partial charge is 0.269 e. The lowest BCUT2D eigenvalue weighted by Crippen LogP contribution is -2.12. The molecular formula is C13H14N2O2S. The van der Waals surface area contributed by atoms with Crippen LogP contribution in [0.25, 0.3) is 0 Å². The van der Waals surface area contributed by atoms with Crippen molar-refractivity contribution in [2.75, 3.05) is 18.2 Å². The predicted octanol–water partition coefficient (Wildman–Crippen LogP) is 2.90. The second kappa shape index (κ2) is 5.10. The van der Waals surface area contributed by atoms with Crippen molar-refractivity contribution in [3.8, 4) is 5.75 Å². The molecule has 1 heterocycles. The van der Waals surface area contributed by atoms with Gasteiger partial charge in [0.2, 0.25) is 0 Å². The zero-order valence-electron chi connectivity index (χ0n) is 10.2. The minimum atomic E-state index is -0.185. The summed E-state index contributed by atoms with van der Waals surface area (Å²) in [6.45, 7) is 1.87. The maximum absolute atomic E-state index is 12.1. The van der Waals surface area contributed by atoms with E-state index in [-0.39, 0.29) is 5.91 Å². The average molecular weight is 262 g/mol. The molecule has 2 rings (SSSR count). The van der Waals surface area contributed by atoms with E-state index >= 15 is 0 Å². The van der Waals surface area contributed by atoms with Gasteiger partial charge in [0.15, 0.2) is 0 Å². The van der Waals surface area contributed by atoms with Gasteiger partial charge in [0.25, 0.3) is 5.91 Å². The number of anilines is 2. The summed E-state index contributed by atoms with van der Waals surface area (Å²) in [5.74, 6) is 0.398. The molecule has 0 bridgehead atoms. The fraction of sp³-hybridized carbons (Fsp3) is 0.154. The molecule has 0 saturated heterocycles. The predicted molar refractivity (Wildman–Crippen MR) is 74.4 cm³/mol. The van der Waals surface area contributed by atoms with E-state index in [4.69, 9.17) is 10.5 Å². The zero-order chi connectivity index (χ0) is 13.1. The molecule has 0 saturated carbocycles. The van der Waals surface area contributed by atoms with Crippen LogP contribution in [0.5, 0.6) is 5.75 Å². The Balaban J connectivity index is 2.24. The Morgan fingerprint density at radius 3 is 2.89 bits per heavy atom. The van der Waals surface area contributed by atoms with Crippen molar-refractivity contribution in [3.63, 3.8) is 0 Å². The van der Waals surface area contributed by atoms with Gasteiger partial charge in [-0.2, -0.15) is 0 Å². The molecule has 0 aliphatic carbocycles. The molecule has 1 amide bonds. The standard InChI is InChI=1S/C13H14N2O2S/c1-8-9(14)4-3-5-10(8)15-13(16)12-11(17-2)6-7-18-12/h3-7H,14H2,1-2H3,(H,15,16). The van der Waals surface area contributed by atoms with E-state index in [1.54, 1.807) is 19.2 Å². The first-order valence-corrected chi connectivity index (χ1v) is 6.29. The Morgan fingerprint density at radius 2 is 2.17 bits per heavy atom. The van der Waals surface area contributed by atoms with E-state index in [1.165, 1.54) is 11.3 Å². The number of amides is 1. The Kier molecular flexibility index (Phi) is 3.53. The van der Waals surface area contributed by atoms with Crippen molar-refractivity contribution in [2.24, 2.45) is 0 Å². The number of nitrogens with two attached hydrogens (primary N) is 1. The fourth-order valence-corrected chi connectivity index (χ4v) is 2.35. The zero-order valence-corrected chi connectivity index (χ0v) is 11.0. The van der Waals surface area contributed by atoms with Crippen molar-refractivity contribution in [2.45, 2.75) is 6.92 Å². The summed E-state index contributed by atoms with van der Waals surface area (Å²) in [5, 5.41) is 4.66. The number of hydrogen-bond donors (Lipinski definition) is 2. The third kappa shape index (κ3) is 2.31. The Labute approximate surface area is 109 Å². The molecule has 18 heavy (non-hydrogen) atoms. The minimum absolute atomic E-state index is 0.185. The number of thiophene rings is 1. The summed E-state index contributed by atoms with van der Waals surface area (Å²) in [6, 6.07) is 7.20. The Hall–Kier alpha value is -2.01. The molecule has 0 aliphatic heterocycles. The molecule has 0 atom stereocenters. The summed E-state index contributed by atoms with van der Waals surface area (Å²) >= 11 is 1.34. The van der Waals surface area contributed by atoms with Gasteiger partial charge in [-0.3, -0.25) is 4.79 Å². The van der Waals surface area contributed by atoms with E-state index in [0.29, 0.717) is 16.3 Å². The minimum Gasteiger partial charge on any atom is -0.495 e. The summed E-state index contributed by atoms with van der Waals surface area (Å²) in [5.41, 5.74) is 8.04. The molecular weight excluding hydrogens is 248 g/mol. The molecule has 0 aliphatic rings. The van der Waals surface area contributed by atoms with Gasteiger partial charge < -0.3 is 15.8 Å². The number of hydrogen-bond acceptors (Lipinski definition) is 4. The molecule has 0 unspecified atom stereocenters. The first-order valence-electron chi connectivity index (χ1n) is 5.41. The Morgan fingerprint density at radius 1 is 1.39 bits per heavy atom. The van der Waals surface area contributed by atoms with Gasteiger partial charge in [0.05, 0.1) is 7.11 Å². The van der Waals surface area contributed by atoms with Crippen molar-refractivity contribution in [3.05, 3.63) is 40.1 Å². The highest BCUT2D eigenvalue weighted by molar-refractivity contribution is 7.12. The molecule has 5 heteroatoms. The molecule has 0 radical (unpaired) electrons. The van der Waals surface area contributed by atoms with Crippen LogP contribution in [-0.2, 0) is 0 Å². The lowest BCUT2D eigenvalue weighted by Gasteiger charge is -2.10. The number of benzene rings is 1. The first-order chi connectivity index (χ1) is 8.63. The van der Waals surface area contributed by atoms with E-state index in [2.05, 4.69) is 5.32 Å². The number of carbonyl (C=O) groups is 1.